The van der Waals surface area contributed by atoms with E-state index >= 15 is 0 Å². The molecule has 2 heterocycles. The van der Waals surface area contributed by atoms with Gasteiger partial charge in [0.2, 0.25) is 0 Å². The molecule has 17 nitrogen and oxygen atoms in total. The highest BCUT2D eigenvalue weighted by Crippen LogP contribution is 2.74. The van der Waals surface area contributed by atoms with Gasteiger partial charge < -0.3 is 64.9 Å². The van der Waals surface area contributed by atoms with Crippen LogP contribution in [0.3, 0.4) is 0 Å². The van der Waals surface area contributed by atoms with Crippen LogP contribution in [0.2, 0.25) is 0 Å². The Balaban J connectivity index is 1.20. The summed E-state index contributed by atoms with van der Waals surface area (Å²) in [4.78, 5) is 50.2. The molecule has 0 aromatic rings. The molecule has 0 aromatic heterocycles. The van der Waals surface area contributed by atoms with Gasteiger partial charge in [-0.3, -0.25) is 9.59 Å². The molecule has 330 valence electrons. The van der Waals surface area contributed by atoms with Gasteiger partial charge in [0, 0.05) is 17.3 Å². The van der Waals surface area contributed by atoms with Crippen LogP contribution in [0.4, 0.5) is 0 Å². The van der Waals surface area contributed by atoms with Crippen molar-refractivity contribution >= 4 is 23.7 Å². The van der Waals surface area contributed by atoms with Gasteiger partial charge in [0.05, 0.1) is 18.1 Å². The molecule has 7 aliphatic rings. The molecule has 5 aliphatic carbocycles. The highest BCUT2D eigenvalue weighted by molar-refractivity contribution is 5.95. The van der Waals surface area contributed by atoms with Crippen LogP contribution in [0.1, 0.15) is 92.9 Å². The average molecular weight is 837 g/mol. The van der Waals surface area contributed by atoms with Crippen LogP contribution in [-0.4, -0.2) is 144 Å². The minimum absolute atomic E-state index is 0.0112. The molecule has 5 fully saturated rings. The van der Waals surface area contributed by atoms with Crippen molar-refractivity contribution in [2.75, 3.05) is 6.61 Å². The number of ketones is 1. The number of carboxylic acids is 3. The first-order valence-electron chi connectivity index (χ1n) is 20.6. The second-order valence-corrected chi connectivity index (χ2v) is 20.0. The number of hydrogen-bond acceptors (Lipinski definition) is 14. The summed E-state index contributed by atoms with van der Waals surface area (Å²) >= 11 is 0. The Bertz CT molecular complexity index is 1820. The molecule has 0 bridgehead atoms. The van der Waals surface area contributed by atoms with Crippen LogP contribution < -0.4 is 0 Å². The number of aliphatic hydroxyl groups is 6. The maximum absolute atomic E-state index is 13.7. The van der Waals surface area contributed by atoms with E-state index in [4.69, 9.17) is 18.9 Å². The number of fused-ring (bicyclic) bond motifs is 6. The lowest BCUT2D eigenvalue weighted by Gasteiger charge is -2.69. The first kappa shape index (κ1) is 44.2. The standard InChI is InChI=1S/C42H60O17/c1-37(36(54)55)15-19-18-7-8-21-39(3)11-10-23(40(4,17-43)20(39)9-12-42(21,6)41(18,5)14-13-38(19,2)22(44)16-37)56-35-31(27(48)26(47)30(58-35)33(52)53)59-34-28(49)24(45)25(46)29(57-34)32(50)51/h7-8,20-21,23-31,34-35,43,45-49H,9-17H2,1-6H3,(H,50,51)(H,52,53)(H,54,55)/t20-,21-,23+,24+,25+,26+,27+,28-,29+,30+,31-,34+,35-,37-,38-,39+,40-,41-,42-/m1/s1. The summed E-state index contributed by atoms with van der Waals surface area (Å²) in [5.74, 6) is -4.56. The third-order valence-electron chi connectivity index (χ3n) is 16.8. The molecule has 3 saturated carbocycles. The van der Waals surface area contributed by atoms with Crippen molar-refractivity contribution in [3.63, 3.8) is 0 Å². The first-order chi connectivity index (χ1) is 27.3. The molecule has 0 spiro atoms. The number of carbonyl (C=O) groups excluding carboxylic acids is 1. The number of allylic oxidation sites excluding steroid dienone is 4. The molecule has 17 heteroatoms. The predicted octanol–water partition coefficient (Wildman–Crippen LogP) is 1.14. The summed E-state index contributed by atoms with van der Waals surface area (Å²) in [7, 11) is 0. The van der Waals surface area contributed by atoms with Crippen LogP contribution in [0, 0.1) is 44.3 Å². The third kappa shape index (κ3) is 6.31. The van der Waals surface area contributed by atoms with E-state index in [9.17, 15) is 65.1 Å². The fourth-order valence-electron chi connectivity index (χ4n) is 12.8. The van der Waals surface area contributed by atoms with E-state index in [1.54, 1.807) is 6.92 Å². The van der Waals surface area contributed by atoms with E-state index in [0.29, 0.717) is 38.5 Å². The molecule has 7 rings (SSSR count). The predicted molar refractivity (Wildman–Crippen MR) is 201 cm³/mol. The summed E-state index contributed by atoms with van der Waals surface area (Å²) in [5, 5.41) is 94.3. The molecule has 0 unspecified atom stereocenters. The summed E-state index contributed by atoms with van der Waals surface area (Å²) in [6.07, 6.45) is -12.6. The van der Waals surface area contributed by atoms with Gasteiger partial charge in [-0.2, -0.15) is 0 Å². The average Bonchev–Trinajstić information content (AvgIpc) is 3.16. The molecule has 0 radical (unpaired) electrons. The maximum Gasteiger partial charge on any atom is 0.335 e. The van der Waals surface area contributed by atoms with Crippen molar-refractivity contribution in [2.24, 2.45) is 44.3 Å². The topological polar surface area (TPSA) is 287 Å². The minimum atomic E-state index is -2.08. The zero-order chi connectivity index (χ0) is 43.6. The number of Topliss-reactive ketones (excluding diaryl/α,β-unsaturated/α-hetero) is 1. The van der Waals surface area contributed by atoms with Crippen molar-refractivity contribution in [3.8, 4) is 0 Å². The van der Waals surface area contributed by atoms with E-state index in [2.05, 4.69) is 32.9 Å². The number of carbonyl (C=O) groups is 4. The quantitative estimate of drug-likeness (QED) is 0.155. The lowest BCUT2D eigenvalue weighted by Crippen LogP contribution is -2.67. The fourth-order valence-corrected chi connectivity index (χ4v) is 12.8. The lowest BCUT2D eigenvalue weighted by atomic mass is 9.35. The van der Waals surface area contributed by atoms with Gasteiger partial charge in [-0.05, 0) is 92.4 Å². The molecule has 2 saturated heterocycles. The third-order valence-corrected chi connectivity index (χ3v) is 16.8. The van der Waals surface area contributed by atoms with E-state index < -0.39 is 112 Å². The van der Waals surface area contributed by atoms with Crippen molar-refractivity contribution in [2.45, 2.75) is 160 Å². The van der Waals surface area contributed by atoms with Gasteiger partial charge in [-0.15, -0.1) is 0 Å². The van der Waals surface area contributed by atoms with Gasteiger partial charge in [0.15, 0.2) is 24.8 Å². The molecular weight excluding hydrogens is 776 g/mol. The van der Waals surface area contributed by atoms with E-state index in [1.165, 1.54) is 0 Å². The van der Waals surface area contributed by atoms with Crippen LogP contribution >= 0.6 is 0 Å². The molecule has 19 atom stereocenters. The molecular formula is C42H60O17. The van der Waals surface area contributed by atoms with Crippen LogP contribution in [0.5, 0.6) is 0 Å². The van der Waals surface area contributed by atoms with E-state index in [1.807, 2.05) is 13.8 Å². The number of hydrogen-bond donors (Lipinski definition) is 9. The lowest BCUT2D eigenvalue weighted by molar-refractivity contribution is -0.372. The summed E-state index contributed by atoms with van der Waals surface area (Å²) in [6.45, 7) is 11.9. The van der Waals surface area contributed by atoms with Gasteiger partial charge in [-0.1, -0.05) is 45.4 Å². The molecule has 2 aliphatic heterocycles. The Hall–Kier alpha value is -2.84. The van der Waals surface area contributed by atoms with Gasteiger partial charge in [0.25, 0.3) is 0 Å². The molecule has 59 heavy (non-hydrogen) atoms. The molecule has 0 amide bonds. The number of aliphatic hydroxyl groups excluding tert-OH is 6. The number of carboxylic acid groups (broad SMARTS) is 3. The highest BCUT2D eigenvalue weighted by Gasteiger charge is 2.69. The maximum atomic E-state index is 13.7. The van der Waals surface area contributed by atoms with Crippen molar-refractivity contribution < 1.29 is 84.1 Å². The summed E-state index contributed by atoms with van der Waals surface area (Å²) in [5.41, 5.74) is -2.13. The van der Waals surface area contributed by atoms with Gasteiger partial charge in [-0.25, -0.2) is 9.59 Å². The van der Waals surface area contributed by atoms with Crippen LogP contribution in [-0.2, 0) is 38.1 Å². The second kappa shape index (κ2) is 14.6. The number of rotatable bonds is 8. The first-order valence-corrected chi connectivity index (χ1v) is 20.6. The van der Waals surface area contributed by atoms with Crippen molar-refractivity contribution in [3.05, 3.63) is 23.3 Å². The Morgan fingerprint density at radius 2 is 1.36 bits per heavy atom. The number of aliphatic carboxylic acids is 3. The highest BCUT2D eigenvalue weighted by atomic mass is 16.8. The number of ether oxygens (including phenoxy) is 4. The van der Waals surface area contributed by atoms with Crippen LogP contribution in [0.15, 0.2) is 23.3 Å². The van der Waals surface area contributed by atoms with Crippen LogP contribution in [0.25, 0.3) is 0 Å². The fraction of sp³-hybridized carbons (Fsp3) is 0.810. The second-order valence-electron chi connectivity index (χ2n) is 20.0. The van der Waals surface area contributed by atoms with Crippen molar-refractivity contribution in [1.29, 1.82) is 0 Å². The Labute approximate surface area is 342 Å². The van der Waals surface area contributed by atoms with Gasteiger partial charge in [0.1, 0.15) is 42.4 Å². The smallest absolute Gasteiger partial charge is 0.335 e. The molecule has 0 aromatic carbocycles. The minimum Gasteiger partial charge on any atom is -0.481 e. The molecule has 9 N–H and O–H groups in total. The zero-order valence-corrected chi connectivity index (χ0v) is 34.3. The van der Waals surface area contributed by atoms with Gasteiger partial charge >= 0.3 is 17.9 Å². The Morgan fingerprint density at radius 1 is 0.746 bits per heavy atom. The van der Waals surface area contributed by atoms with E-state index in [0.717, 1.165) is 17.6 Å². The van der Waals surface area contributed by atoms with Crippen molar-refractivity contribution in [1.82, 2.24) is 0 Å². The Kier molecular flexibility index (Phi) is 11.0. The normalized spacial score (nSPS) is 52.1. The summed E-state index contributed by atoms with van der Waals surface area (Å²) in [6, 6.07) is 0. The largest absolute Gasteiger partial charge is 0.481 e. The van der Waals surface area contributed by atoms with E-state index in [-0.39, 0.29) is 36.1 Å². The zero-order valence-electron chi connectivity index (χ0n) is 34.3. The SMILES string of the molecule is C[C@]1(C(=O)O)CC(=O)[C@]2(C)CC[C@]3(C)C(=C2C1)C=C[C@@H]1[C@@]2(C)CC[C@H](O[C@@H]4O[C@H](C(=O)O)[C@@H](O)[C@H](O)[C@H]4O[C@@H]4O[C@H](C(=O)O)[C@@H](O)[C@H](O)[C@H]4O)[C@](C)(CO)[C@@H]2CC[C@]13C. The Morgan fingerprint density at radius 3 is 1.95 bits per heavy atom. The summed E-state index contributed by atoms with van der Waals surface area (Å²) < 4.78 is 23.3. The monoisotopic (exact) mass is 836 g/mol.